The van der Waals surface area contributed by atoms with Gasteiger partial charge in [-0.15, -0.1) is 0 Å². The number of carbonyl (C=O) groups excluding carboxylic acids is 1. The van der Waals surface area contributed by atoms with E-state index in [1.165, 1.54) is 6.07 Å². The van der Waals surface area contributed by atoms with E-state index < -0.39 is 0 Å². The maximum Gasteiger partial charge on any atom is 0.240 e. The maximum atomic E-state index is 12.0. The predicted molar refractivity (Wildman–Crippen MR) is 83.8 cm³/mol. The van der Waals surface area contributed by atoms with E-state index in [2.05, 4.69) is 21.2 Å². The van der Waals surface area contributed by atoms with E-state index in [-0.39, 0.29) is 23.4 Å². The summed E-state index contributed by atoms with van der Waals surface area (Å²) in [6.45, 7) is 5.99. The van der Waals surface area contributed by atoms with E-state index in [0.717, 1.165) is 9.99 Å². The Labute approximate surface area is 125 Å². The normalized spacial score (nSPS) is 11.6. The molecule has 0 bridgehead atoms. The first-order chi connectivity index (χ1) is 9.26. The standard InChI is InChI=1S/C15H17BrN2O2/c1-15(2,3)17-14(20)9-18-7-6-13(19)11-5-4-10(16)8-12(11)18/h4-8H,9H2,1-3H3,(H,17,20). The van der Waals surface area contributed by atoms with E-state index in [1.54, 1.807) is 16.8 Å². The maximum absolute atomic E-state index is 12.0. The third kappa shape index (κ3) is 3.48. The Kier molecular flexibility index (Phi) is 3.99. The molecule has 0 radical (unpaired) electrons. The number of amides is 1. The lowest BCUT2D eigenvalue weighted by molar-refractivity contribution is -0.123. The molecule has 1 N–H and O–H groups in total. The van der Waals surface area contributed by atoms with E-state index in [4.69, 9.17) is 0 Å². The third-order valence-electron chi connectivity index (χ3n) is 2.77. The molecule has 0 spiro atoms. The number of carbonyl (C=O) groups is 1. The summed E-state index contributed by atoms with van der Waals surface area (Å²) < 4.78 is 2.66. The third-order valence-corrected chi connectivity index (χ3v) is 3.26. The van der Waals surface area contributed by atoms with Crippen LogP contribution in [0.3, 0.4) is 0 Å². The molecule has 0 saturated carbocycles. The van der Waals surface area contributed by atoms with Gasteiger partial charge >= 0.3 is 0 Å². The molecule has 1 aromatic heterocycles. The van der Waals surface area contributed by atoms with Crippen molar-refractivity contribution in [2.45, 2.75) is 32.9 Å². The van der Waals surface area contributed by atoms with Crippen molar-refractivity contribution < 1.29 is 4.79 Å². The highest BCUT2D eigenvalue weighted by atomic mass is 79.9. The highest BCUT2D eigenvalue weighted by molar-refractivity contribution is 9.10. The molecule has 106 valence electrons. The number of pyridine rings is 1. The Hall–Kier alpha value is -1.62. The first kappa shape index (κ1) is 14.8. The second kappa shape index (κ2) is 5.40. The molecule has 1 heterocycles. The van der Waals surface area contributed by atoms with Gasteiger partial charge in [0.2, 0.25) is 5.91 Å². The van der Waals surface area contributed by atoms with Crippen molar-refractivity contribution in [2.75, 3.05) is 0 Å². The van der Waals surface area contributed by atoms with Crippen molar-refractivity contribution in [3.05, 3.63) is 45.2 Å². The van der Waals surface area contributed by atoms with Crippen LogP contribution >= 0.6 is 15.9 Å². The van der Waals surface area contributed by atoms with Gasteiger partial charge in [0.05, 0.1) is 5.52 Å². The highest BCUT2D eigenvalue weighted by Crippen LogP contribution is 2.17. The van der Waals surface area contributed by atoms with Crippen molar-refractivity contribution in [2.24, 2.45) is 0 Å². The van der Waals surface area contributed by atoms with Crippen molar-refractivity contribution in [1.29, 1.82) is 0 Å². The summed E-state index contributed by atoms with van der Waals surface area (Å²) in [7, 11) is 0. The molecule has 5 heteroatoms. The topological polar surface area (TPSA) is 51.1 Å². The lowest BCUT2D eigenvalue weighted by atomic mass is 10.1. The number of aromatic nitrogens is 1. The van der Waals surface area contributed by atoms with Crippen molar-refractivity contribution >= 4 is 32.7 Å². The quantitative estimate of drug-likeness (QED) is 0.916. The van der Waals surface area contributed by atoms with Crippen molar-refractivity contribution in [3.8, 4) is 0 Å². The van der Waals surface area contributed by atoms with Gasteiger partial charge in [-0.2, -0.15) is 0 Å². The summed E-state index contributed by atoms with van der Waals surface area (Å²) in [5, 5.41) is 3.52. The van der Waals surface area contributed by atoms with Gasteiger partial charge in [0, 0.05) is 27.7 Å². The number of fused-ring (bicyclic) bond motifs is 1. The zero-order chi connectivity index (χ0) is 14.9. The van der Waals surface area contributed by atoms with Gasteiger partial charge in [0.25, 0.3) is 0 Å². The molecule has 0 aliphatic rings. The van der Waals surface area contributed by atoms with Crippen molar-refractivity contribution in [1.82, 2.24) is 9.88 Å². The summed E-state index contributed by atoms with van der Waals surface area (Å²) in [5.41, 5.74) is 0.433. The molecule has 1 aromatic carbocycles. The molecule has 4 nitrogen and oxygen atoms in total. The molecule has 2 aromatic rings. The van der Waals surface area contributed by atoms with Crippen LogP contribution in [0.15, 0.2) is 39.7 Å². The first-order valence-corrected chi connectivity index (χ1v) is 7.15. The Morgan fingerprint density at radius 1 is 1.30 bits per heavy atom. The summed E-state index contributed by atoms with van der Waals surface area (Å²) in [4.78, 5) is 23.8. The van der Waals surface area contributed by atoms with Gasteiger partial charge in [0.1, 0.15) is 6.54 Å². The van der Waals surface area contributed by atoms with Crippen molar-refractivity contribution in [3.63, 3.8) is 0 Å². The van der Waals surface area contributed by atoms with E-state index >= 15 is 0 Å². The fourth-order valence-corrected chi connectivity index (χ4v) is 2.38. The summed E-state index contributed by atoms with van der Waals surface area (Å²) in [6.07, 6.45) is 1.65. The summed E-state index contributed by atoms with van der Waals surface area (Å²) in [6, 6.07) is 6.92. The molecule has 1 amide bonds. The molecular weight excluding hydrogens is 320 g/mol. The molecular formula is C15H17BrN2O2. The van der Waals surface area contributed by atoms with Crippen LogP contribution in [0.2, 0.25) is 0 Å². The minimum absolute atomic E-state index is 0.0417. The second-order valence-electron chi connectivity index (χ2n) is 5.77. The zero-order valence-corrected chi connectivity index (χ0v) is 13.3. The average molecular weight is 337 g/mol. The van der Waals surface area contributed by atoms with Crippen LogP contribution in [0.1, 0.15) is 20.8 Å². The number of rotatable bonds is 2. The largest absolute Gasteiger partial charge is 0.350 e. The molecule has 0 saturated heterocycles. The van der Waals surface area contributed by atoms with E-state index in [9.17, 15) is 9.59 Å². The molecule has 0 atom stereocenters. The van der Waals surface area contributed by atoms with Gasteiger partial charge in [-0.3, -0.25) is 9.59 Å². The van der Waals surface area contributed by atoms with E-state index in [1.807, 2.05) is 32.9 Å². The zero-order valence-electron chi connectivity index (χ0n) is 11.7. The van der Waals surface area contributed by atoms with Gasteiger partial charge in [0.15, 0.2) is 5.43 Å². The smallest absolute Gasteiger partial charge is 0.240 e. The van der Waals surface area contributed by atoms with Gasteiger partial charge < -0.3 is 9.88 Å². The Balaban J connectivity index is 2.40. The fourth-order valence-electron chi connectivity index (χ4n) is 2.03. The molecule has 0 aliphatic heterocycles. The number of halogens is 1. The Morgan fingerprint density at radius 2 is 2.00 bits per heavy atom. The number of benzene rings is 1. The first-order valence-electron chi connectivity index (χ1n) is 6.36. The van der Waals surface area contributed by atoms with Crippen LogP contribution in [0.5, 0.6) is 0 Å². The predicted octanol–water partition coefficient (Wildman–Crippen LogP) is 2.68. The fraction of sp³-hybridized carbons (Fsp3) is 0.333. The highest BCUT2D eigenvalue weighted by Gasteiger charge is 2.14. The Bertz CT molecular complexity index is 714. The number of nitrogens with one attached hydrogen (secondary N) is 1. The summed E-state index contributed by atoms with van der Waals surface area (Å²) >= 11 is 3.39. The van der Waals surface area contributed by atoms with Crippen LogP contribution in [-0.4, -0.2) is 16.0 Å². The van der Waals surface area contributed by atoms with Crippen LogP contribution in [0.4, 0.5) is 0 Å². The van der Waals surface area contributed by atoms with Gasteiger partial charge in [-0.1, -0.05) is 15.9 Å². The molecule has 2 rings (SSSR count). The molecule has 0 fully saturated rings. The summed E-state index contributed by atoms with van der Waals surface area (Å²) in [5.74, 6) is -0.0811. The Morgan fingerprint density at radius 3 is 2.65 bits per heavy atom. The van der Waals surface area contributed by atoms with Crippen LogP contribution < -0.4 is 10.7 Å². The van der Waals surface area contributed by atoms with Crippen LogP contribution in [-0.2, 0) is 11.3 Å². The van der Waals surface area contributed by atoms with Crippen LogP contribution in [0, 0.1) is 0 Å². The molecule has 20 heavy (non-hydrogen) atoms. The van der Waals surface area contributed by atoms with E-state index in [0.29, 0.717) is 5.39 Å². The lowest BCUT2D eigenvalue weighted by Gasteiger charge is -2.21. The van der Waals surface area contributed by atoms with Gasteiger partial charge in [-0.05, 0) is 39.0 Å². The minimum Gasteiger partial charge on any atom is -0.350 e. The second-order valence-corrected chi connectivity index (χ2v) is 6.68. The molecule has 0 unspecified atom stereocenters. The monoisotopic (exact) mass is 336 g/mol. The van der Waals surface area contributed by atoms with Crippen LogP contribution in [0.25, 0.3) is 10.9 Å². The minimum atomic E-state index is -0.271. The van der Waals surface area contributed by atoms with Gasteiger partial charge in [-0.25, -0.2) is 0 Å². The lowest BCUT2D eigenvalue weighted by Crippen LogP contribution is -2.42. The number of hydrogen-bond acceptors (Lipinski definition) is 2. The average Bonchev–Trinajstić information content (AvgIpc) is 2.30. The molecule has 0 aliphatic carbocycles. The number of nitrogens with zero attached hydrogens (tertiary/aromatic N) is 1. The SMILES string of the molecule is CC(C)(C)NC(=O)Cn1ccc(=O)c2ccc(Br)cc21. The number of hydrogen-bond donors (Lipinski definition) is 1.